The smallest absolute Gasteiger partial charge is 0.313 e. The molecule has 0 radical (unpaired) electrons. The van der Waals surface area contributed by atoms with Crippen LogP contribution >= 0.6 is 15.9 Å². The summed E-state index contributed by atoms with van der Waals surface area (Å²) < 4.78 is 0.727. The van der Waals surface area contributed by atoms with E-state index < -0.39 is 11.8 Å². The maximum absolute atomic E-state index is 11.8. The second-order valence-corrected chi connectivity index (χ2v) is 5.40. The Morgan fingerprint density at radius 2 is 1.67 bits per heavy atom. The van der Waals surface area contributed by atoms with E-state index in [4.69, 9.17) is 0 Å². The van der Waals surface area contributed by atoms with Crippen LogP contribution in [-0.4, -0.2) is 11.8 Å². The lowest BCUT2D eigenvalue weighted by Gasteiger charge is -2.09. The highest BCUT2D eigenvalue weighted by molar-refractivity contribution is 9.10. The molecular weight excluding hydrogens is 332 g/mol. The number of amides is 2. The van der Waals surface area contributed by atoms with Crippen LogP contribution in [0.4, 0.5) is 5.69 Å². The van der Waals surface area contributed by atoms with Gasteiger partial charge in [0.2, 0.25) is 0 Å². The number of nitrogens with one attached hydrogen (secondary N) is 2. The monoisotopic (exact) mass is 346 g/mol. The van der Waals surface area contributed by atoms with E-state index in [0.29, 0.717) is 12.2 Å². The highest BCUT2D eigenvalue weighted by Gasteiger charge is 2.14. The van der Waals surface area contributed by atoms with Gasteiger partial charge < -0.3 is 10.6 Å². The topological polar surface area (TPSA) is 58.2 Å². The van der Waals surface area contributed by atoms with E-state index in [1.165, 1.54) is 0 Å². The Morgan fingerprint density at radius 3 is 2.38 bits per heavy atom. The van der Waals surface area contributed by atoms with Crippen LogP contribution < -0.4 is 10.6 Å². The van der Waals surface area contributed by atoms with Gasteiger partial charge in [0.1, 0.15) is 0 Å². The molecule has 2 rings (SSSR count). The molecule has 2 aromatic rings. The molecule has 4 nitrogen and oxygen atoms in total. The SMILES string of the molecule is Cc1ccccc1CNC(=O)C(=O)Nc1ccccc1Br. The molecule has 2 aromatic carbocycles. The molecule has 0 bridgehead atoms. The van der Waals surface area contributed by atoms with Gasteiger partial charge in [0.05, 0.1) is 5.69 Å². The first-order valence-corrected chi connectivity index (χ1v) is 7.25. The van der Waals surface area contributed by atoms with Gasteiger partial charge in [-0.3, -0.25) is 9.59 Å². The summed E-state index contributed by atoms with van der Waals surface area (Å²) in [6, 6.07) is 14.8. The van der Waals surface area contributed by atoms with Crippen LogP contribution in [0.5, 0.6) is 0 Å². The Kier molecular flexibility index (Phi) is 5.11. The maximum Gasteiger partial charge on any atom is 0.313 e. The number of halogens is 1. The summed E-state index contributed by atoms with van der Waals surface area (Å²) in [7, 11) is 0. The third-order valence-corrected chi connectivity index (χ3v) is 3.72. The first-order valence-electron chi connectivity index (χ1n) is 6.46. The van der Waals surface area contributed by atoms with Crippen molar-refractivity contribution < 1.29 is 9.59 Å². The molecule has 0 spiro atoms. The number of benzene rings is 2. The first-order chi connectivity index (χ1) is 10.1. The van der Waals surface area contributed by atoms with E-state index in [-0.39, 0.29) is 0 Å². The summed E-state index contributed by atoms with van der Waals surface area (Å²) in [6.07, 6.45) is 0. The molecular formula is C16H15BrN2O2. The zero-order valence-corrected chi connectivity index (χ0v) is 13.1. The molecule has 2 amide bonds. The Labute approximate surface area is 131 Å². The van der Waals surface area contributed by atoms with Crippen molar-refractivity contribution in [1.29, 1.82) is 0 Å². The number of aryl methyl sites for hydroxylation is 1. The van der Waals surface area contributed by atoms with Crippen LogP contribution in [0.3, 0.4) is 0 Å². The number of carbonyl (C=O) groups excluding carboxylic acids is 2. The number of hydrogen-bond acceptors (Lipinski definition) is 2. The fraction of sp³-hybridized carbons (Fsp3) is 0.125. The molecule has 0 aliphatic carbocycles. The van der Waals surface area contributed by atoms with Crippen LogP contribution in [0.1, 0.15) is 11.1 Å². The minimum atomic E-state index is -0.685. The zero-order chi connectivity index (χ0) is 15.2. The van der Waals surface area contributed by atoms with Crippen molar-refractivity contribution in [3.05, 3.63) is 64.1 Å². The summed E-state index contributed by atoms with van der Waals surface area (Å²) in [6.45, 7) is 2.29. The van der Waals surface area contributed by atoms with Crippen LogP contribution in [-0.2, 0) is 16.1 Å². The van der Waals surface area contributed by atoms with Gasteiger partial charge in [0, 0.05) is 11.0 Å². The second kappa shape index (κ2) is 7.04. The highest BCUT2D eigenvalue weighted by atomic mass is 79.9. The predicted octanol–water partition coefficient (Wildman–Crippen LogP) is 3.01. The van der Waals surface area contributed by atoms with Crippen LogP contribution in [0, 0.1) is 6.92 Å². The molecule has 0 aromatic heterocycles. The predicted molar refractivity (Wildman–Crippen MR) is 85.8 cm³/mol. The van der Waals surface area contributed by atoms with Gasteiger partial charge in [0.15, 0.2) is 0 Å². The minimum Gasteiger partial charge on any atom is -0.344 e. The van der Waals surface area contributed by atoms with Gasteiger partial charge in [-0.2, -0.15) is 0 Å². The Bertz CT molecular complexity index is 671. The normalized spacial score (nSPS) is 10.0. The lowest BCUT2D eigenvalue weighted by Crippen LogP contribution is -2.35. The molecule has 2 N–H and O–H groups in total. The first kappa shape index (κ1) is 15.3. The zero-order valence-electron chi connectivity index (χ0n) is 11.5. The summed E-state index contributed by atoms with van der Waals surface area (Å²) in [5.41, 5.74) is 2.62. The van der Waals surface area contributed by atoms with Crippen molar-refractivity contribution in [2.24, 2.45) is 0 Å². The maximum atomic E-state index is 11.8. The quantitative estimate of drug-likeness (QED) is 0.839. The highest BCUT2D eigenvalue weighted by Crippen LogP contribution is 2.20. The van der Waals surface area contributed by atoms with Crippen molar-refractivity contribution in [2.75, 3.05) is 5.32 Å². The summed E-state index contributed by atoms with van der Waals surface area (Å²) in [5, 5.41) is 5.18. The Balaban J connectivity index is 1.93. The molecule has 0 aliphatic rings. The molecule has 0 saturated heterocycles. The van der Waals surface area contributed by atoms with E-state index in [9.17, 15) is 9.59 Å². The summed E-state index contributed by atoms with van der Waals surface area (Å²) in [5.74, 6) is -1.34. The van der Waals surface area contributed by atoms with Crippen molar-refractivity contribution in [3.8, 4) is 0 Å². The van der Waals surface area contributed by atoms with Crippen LogP contribution in [0.2, 0.25) is 0 Å². The van der Waals surface area contributed by atoms with Gasteiger partial charge in [-0.25, -0.2) is 0 Å². The summed E-state index contributed by atoms with van der Waals surface area (Å²) >= 11 is 3.31. The van der Waals surface area contributed by atoms with Gasteiger partial charge in [-0.15, -0.1) is 0 Å². The van der Waals surface area contributed by atoms with E-state index in [1.807, 2.05) is 37.3 Å². The van der Waals surface area contributed by atoms with Crippen LogP contribution in [0.25, 0.3) is 0 Å². The molecule has 0 fully saturated rings. The fourth-order valence-corrected chi connectivity index (χ4v) is 2.19. The van der Waals surface area contributed by atoms with Crippen LogP contribution in [0.15, 0.2) is 53.0 Å². The molecule has 21 heavy (non-hydrogen) atoms. The molecule has 0 aliphatic heterocycles. The molecule has 0 unspecified atom stereocenters. The van der Waals surface area contributed by atoms with E-state index in [0.717, 1.165) is 15.6 Å². The molecule has 0 saturated carbocycles. The summed E-state index contributed by atoms with van der Waals surface area (Å²) in [4.78, 5) is 23.6. The Hall–Kier alpha value is -2.14. The largest absolute Gasteiger partial charge is 0.344 e. The molecule has 0 heterocycles. The number of carbonyl (C=O) groups is 2. The standard InChI is InChI=1S/C16H15BrN2O2/c1-11-6-2-3-7-12(11)10-18-15(20)16(21)19-14-9-5-4-8-13(14)17/h2-9H,10H2,1H3,(H,18,20)(H,19,21). The Morgan fingerprint density at radius 1 is 1.00 bits per heavy atom. The lowest BCUT2D eigenvalue weighted by molar-refractivity contribution is -0.136. The van der Waals surface area contributed by atoms with Crippen molar-refractivity contribution >= 4 is 33.4 Å². The minimum absolute atomic E-state index is 0.328. The van der Waals surface area contributed by atoms with Crippen molar-refractivity contribution in [1.82, 2.24) is 5.32 Å². The van der Waals surface area contributed by atoms with Crippen molar-refractivity contribution in [3.63, 3.8) is 0 Å². The number of hydrogen-bond donors (Lipinski definition) is 2. The lowest BCUT2D eigenvalue weighted by atomic mass is 10.1. The number of anilines is 1. The molecule has 108 valence electrons. The van der Waals surface area contributed by atoms with Gasteiger partial charge >= 0.3 is 11.8 Å². The molecule has 0 atom stereocenters. The average molecular weight is 347 g/mol. The third kappa shape index (κ3) is 4.16. The third-order valence-electron chi connectivity index (χ3n) is 3.03. The number of rotatable bonds is 3. The second-order valence-electron chi connectivity index (χ2n) is 4.54. The number of para-hydroxylation sites is 1. The van der Waals surface area contributed by atoms with Gasteiger partial charge in [-0.05, 0) is 46.1 Å². The molecule has 5 heteroatoms. The van der Waals surface area contributed by atoms with Gasteiger partial charge in [-0.1, -0.05) is 36.4 Å². The van der Waals surface area contributed by atoms with Crippen molar-refractivity contribution in [2.45, 2.75) is 13.5 Å². The van der Waals surface area contributed by atoms with E-state index in [2.05, 4.69) is 26.6 Å². The average Bonchev–Trinajstić information content (AvgIpc) is 2.48. The van der Waals surface area contributed by atoms with E-state index >= 15 is 0 Å². The van der Waals surface area contributed by atoms with Gasteiger partial charge in [0.25, 0.3) is 0 Å². The van der Waals surface area contributed by atoms with E-state index in [1.54, 1.807) is 18.2 Å². The fourth-order valence-electron chi connectivity index (χ4n) is 1.81.